The number of nitrogens with one attached hydrogen (secondary N) is 1. The largest absolute Gasteiger partial charge is 0.369 e. The highest BCUT2D eigenvalue weighted by molar-refractivity contribution is 7.93. The molecular formula is C24H33N3O5S3. The number of sulfone groups is 1. The van der Waals surface area contributed by atoms with Gasteiger partial charge >= 0.3 is 0 Å². The van der Waals surface area contributed by atoms with E-state index in [2.05, 4.69) is 0 Å². The highest BCUT2D eigenvalue weighted by Crippen LogP contribution is 2.45. The molecule has 8 nitrogen and oxygen atoms in total. The van der Waals surface area contributed by atoms with E-state index in [0.29, 0.717) is 24.5 Å². The number of hydrogen-bond donors (Lipinski definition) is 1. The summed E-state index contributed by atoms with van der Waals surface area (Å²) >= 11 is 0. The molecule has 0 radical (unpaired) electrons. The van der Waals surface area contributed by atoms with Gasteiger partial charge in [-0.2, -0.15) is 0 Å². The summed E-state index contributed by atoms with van der Waals surface area (Å²) < 4.78 is 73.4. The van der Waals surface area contributed by atoms with E-state index >= 15 is 0 Å². The zero-order valence-corrected chi connectivity index (χ0v) is 23.0. The van der Waals surface area contributed by atoms with Crippen LogP contribution in [-0.2, 0) is 36.0 Å². The molecular weight excluding hydrogens is 506 g/mol. The summed E-state index contributed by atoms with van der Waals surface area (Å²) in [6.07, 6.45) is 2.13. The molecule has 2 heterocycles. The van der Waals surface area contributed by atoms with Crippen LogP contribution < -0.4 is 9.21 Å². The molecule has 2 aliphatic rings. The standard InChI is InChI=1S/C24H33N3O5S3/c1-5-19-6-8-20(9-7-19)27(13-18(2)3)35(31,32)21-10-11-22(23(12-21)33(4,25)28)26-14-24(15-26)16-34(29,30)17-24/h6-12,18,25H,5,13-17H2,1-4H3. The average molecular weight is 540 g/mol. The van der Waals surface area contributed by atoms with E-state index in [1.807, 2.05) is 37.8 Å². The Hall–Kier alpha value is -2.11. The summed E-state index contributed by atoms with van der Waals surface area (Å²) in [6, 6.07) is 11.9. The van der Waals surface area contributed by atoms with Crippen LogP contribution in [0.4, 0.5) is 11.4 Å². The van der Waals surface area contributed by atoms with Crippen molar-refractivity contribution in [3.8, 4) is 0 Å². The van der Waals surface area contributed by atoms with Gasteiger partial charge in [0.1, 0.15) is 0 Å². The summed E-state index contributed by atoms with van der Waals surface area (Å²) in [5, 5.41) is 0. The lowest BCUT2D eigenvalue weighted by Crippen LogP contribution is -2.68. The third-order valence-electron chi connectivity index (χ3n) is 6.55. The van der Waals surface area contributed by atoms with Gasteiger partial charge in [0.15, 0.2) is 9.84 Å². The van der Waals surface area contributed by atoms with Crippen LogP contribution in [-0.4, -0.2) is 58.4 Å². The quantitative estimate of drug-likeness (QED) is 0.550. The van der Waals surface area contributed by atoms with Gasteiger partial charge in [-0.15, -0.1) is 0 Å². The molecule has 35 heavy (non-hydrogen) atoms. The van der Waals surface area contributed by atoms with Crippen molar-refractivity contribution in [1.82, 2.24) is 0 Å². The number of sulfonamides is 1. The van der Waals surface area contributed by atoms with E-state index in [-0.39, 0.29) is 39.2 Å². The molecule has 2 saturated heterocycles. The Labute approximate surface area is 209 Å². The Balaban J connectivity index is 1.70. The molecule has 2 fully saturated rings. The minimum atomic E-state index is -3.99. The van der Waals surface area contributed by atoms with E-state index in [0.717, 1.165) is 12.0 Å². The maximum Gasteiger partial charge on any atom is 0.264 e. The molecule has 1 N–H and O–H groups in total. The molecule has 2 aromatic carbocycles. The van der Waals surface area contributed by atoms with Crippen molar-refractivity contribution >= 4 is 41.0 Å². The molecule has 2 aliphatic heterocycles. The topological polar surface area (TPSA) is 116 Å². The second-order valence-electron chi connectivity index (χ2n) is 10.3. The van der Waals surface area contributed by atoms with Gasteiger partial charge in [0.2, 0.25) is 0 Å². The highest BCUT2D eigenvalue weighted by atomic mass is 32.2. The highest BCUT2D eigenvalue weighted by Gasteiger charge is 2.56. The van der Waals surface area contributed by atoms with Crippen LogP contribution in [0.15, 0.2) is 52.3 Å². The Morgan fingerprint density at radius 1 is 1.06 bits per heavy atom. The molecule has 0 saturated carbocycles. The van der Waals surface area contributed by atoms with Crippen LogP contribution in [0.5, 0.6) is 0 Å². The average Bonchev–Trinajstić information content (AvgIpc) is 2.72. The van der Waals surface area contributed by atoms with Crippen molar-refractivity contribution in [3.05, 3.63) is 48.0 Å². The lowest BCUT2D eigenvalue weighted by atomic mass is 9.82. The fourth-order valence-corrected chi connectivity index (χ4v) is 9.76. The summed E-state index contributed by atoms with van der Waals surface area (Å²) in [5.41, 5.74) is 1.91. The molecule has 0 amide bonds. The number of aryl methyl sites for hydroxylation is 1. The third-order valence-corrected chi connectivity index (χ3v) is 11.6. The lowest BCUT2D eigenvalue weighted by Gasteiger charge is -2.56. The summed E-state index contributed by atoms with van der Waals surface area (Å²) in [5.74, 6) is 0.348. The molecule has 0 aliphatic carbocycles. The van der Waals surface area contributed by atoms with Crippen LogP contribution >= 0.6 is 0 Å². The summed E-state index contributed by atoms with van der Waals surface area (Å²) in [6.45, 7) is 7.18. The zero-order valence-electron chi connectivity index (χ0n) is 20.5. The monoisotopic (exact) mass is 539 g/mol. The van der Waals surface area contributed by atoms with E-state index in [4.69, 9.17) is 4.78 Å². The fraction of sp³-hybridized carbons (Fsp3) is 0.500. The number of rotatable bonds is 8. The fourth-order valence-electron chi connectivity index (χ4n) is 4.93. The second-order valence-corrected chi connectivity index (χ2v) is 16.4. The first-order valence-corrected chi connectivity index (χ1v) is 16.8. The van der Waals surface area contributed by atoms with Gasteiger partial charge in [-0.1, -0.05) is 32.9 Å². The molecule has 192 valence electrons. The predicted molar refractivity (Wildman–Crippen MR) is 140 cm³/mol. The number of anilines is 2. The Morgan fingerprint density at radius 2 is 1.66 bits per heavy atom. The smallest absolute Gasteiger partial charge is 0.264 e. The Bertz CT molecular complexity index is 1430. The molecule has 1 spiro atoms. The van der Waals surface area contributed by atoms with Gasteiger partial charge in [-0.05, 0) is 48.2 Å². The van der Waals surface area contributed by atoms with Gasteiger partial charge in [0.05, 0.1) is 42.4 Å². The lowest BCUT2D eigenvalue weighted by molar-refractivity contribution is 0.253. The molecule has 1 unspecified atom stereocenters. The van der Waals surface area contributed by atoms with Crippen molar-refractivity contribution in [2.24, 2.45) is 11.3 Å². The molecule has 11 heteroatoms. The van der Waals surface area contributed by atoms with Crippen LogP contribution in [0.1, 0.15) is 26.3 Å². The Morgan fingerprint density at radius 3 is 2.14 bits per heavy atom. The van der Waals surface area contributed by atoms with Crippen LogP contribution in [0.3, 0.4) is 0 Å². The van der Waals surface area contributed by atoms with Crippen molar-refractivity contribution in [2.45, 2.75) is 37.0 Å². The van der Waals surface area contributed by atoms with Gasteiger partial charge in [-0.25, -0.2) is 25.8 Å². The van der Waals surface area contributed by atoms with Crippen molar-refractivity contribution in [1.29, 1.82) is 4.78 Å². The zero-order chi connectivity index (χ0) is 25.8. The summed E-state index contributed by atoms with van der Waals surface area (Å²) in [4.78, 5) is 2.04. The van der Waals surface area contributed by atoms with Crippen molar-refractivity contribution < 1.29 is 21.0 Å². The normalized spacial score (nSPS) is 20.2. The Kier molecular flexibility index (Phi) is 6.51. The van der Waals surface area contributed by atoms with Gasteiger partial charge in [0.25, 0.3) is 10.0 Å². The first-order valence-electron chi connectivity index (χ1n) is 11.6. The first kappa shape index (κ1) is 26.0. The maximum absolute atomic E-state index is 13.8. The number of nitrogens with zero attached hydrogens (tertiary/aromatic N) is 2. The summed E-state index contributed by atoms with van der Waals surface area (Å²) in [7, 11) is -10.2. The van der Waals surface area contributed by atoms with E-state index < -0.39 is 29.6 Å². The maximum atomic E-state index is 13.8. The van der Waals surface area contributed by atoms with Gasteiger partial charge < -0.3 is 4.90 Å². The predicted octanol–water partition coefficient (Wildman–Crippen LogP) is 3.37. The molecule has 2 aromatic rings. The SMILES string of the molecule is CCc1ccc(N(CC(C)C)S(=O)(=O)c2ccc(N3CC4(C3)CS(=O)(=O)C4)c(S(C)(=N)=O)c2)cc1. The van der Waals surface area contributed by atoms with E-state index in [9.17, 15) is 21.0 Å². The second kappa shape index (κ2) is 8.77. The van der Waals surface area contributed by atoms with Crippen molar-refractivity contribution in [3.63, 3.8) is 0 Å². The number of hydrogen-bond acceptors (Lipinski definition) is 7. The van der Waals surface area contributed by atoms with Crippen LogP contribution in [0, 0.1) is 16.1 Å². The molecule has 1 atom stereocenters. The molecule has 4 rings (SSSR count). The minimum absolute atomic E-state index is 0.0141. The number of benzene rings is 2. The first-order chi connectivity index (χ1) is 16.2. The van der Waals surface area contributed by atoms with Crippen molar-refractivity contribution in [2.75, 3.05) is 46.6 Å². The van der Waals surface area contributed by atoms with E-state index in [1.165, 1.54) is 22.7 Å². The molecule has 0 bridgehead atoms. The molecule has 0 aromatic heterocycles. The van der Waals surface area contributed by atoms with Crippen LogP contribution in [0.25, 0.3) is 0 Å². The minimum Gasteiger partial charge on any atom is -0.369 e. The van der Waals surface area contributed by atoms with E-state index in [1.54, 1.807) is 18.2 Å². The van der Waals surface area contributed by atoms with Gasteiger partial charge in [-0.3, -0.25) is 4.31 Å². The van der Waals surface area contributed by atoms with Crippen LogP contribution in [0.2, 0.25) is 0 Å². The third kappa shape index (κ3) is 5.08. The van der Waals surface area contributed by atoms with Gasteiger partial charge in [0, 0.05) is 31.3 Å².